The topological polar surface area (TPSA) is 49.7 Å². The number of ketones is 1. The predicted octanol–water partition coefficient (Wildman–Crippen LogP) is 1.21. The Labute approximate surface area is 59.1 Å². The number of rotatable bonds is 0. The number of nitrogens with zero attached hydrogens (tertiary/aromatic N) is 1. The van der Waals surface area contributed by atoms with Gasteiger partial charge in [-0.25, -0.2) is 0 Å². The molecular weight excluding hydrogens is 130 g/mol. The number of carbonyl (C=O) groups is 1. The third-order valence-electron chi connectivity index (χ3n) is 1.38. The molecule has 1 N–H and O–H groups in total. The van der Waals surface area contributed by atoms with E-state index in [1.54, 1.807) is 13.8 Å². The predicted molar refractivity (Wildman–Crippen MR) is 38.1 cm³/mol. The van der Waals surface area contributed by atoms with Crippen LogP contribution in [-0.2, 0) is 4.79 Å². The van der Waals surface area contributed by atoms with E-state index >= 15 is 0 Å². The zero-order chi connectivity index (χ0) is 7.72. The molecule has 1 aliphatic heterocycles. The van der Waals surface area contributed by atoms with E-state index in [1.165, 1.54) is 0 Å². The van der Waals surface area contributed by atoms with E-state index in [4.69, 9.17) is 5.11 Å². The molecule has 0 fully saturated rings. The summed E-state index contributed by atoms with van der Waals surface area (Å²) >= 11 is 0. The first-order valence-corrected chi connectivity index (χ1v) is 3.08. The Morgan fingerprint density at radius 1 is 1.50 bits per heavy atom. The third-order valence-corrected chi connectivity index (χ3v) is 1.38. The maximum absolute atomic E-state index is 10.8. The number of carbonyl (C=O) groups excluding carboxylic acids is 1. The smallest absolute Gasteiger partial charge is 0.204 e. The Morgan fingerprint density at radius 2 is 2.10 bits per heavy atom. The molecule has 0 bridgehead atoms. The number of allylic oxidation sites excluding steroid dienone is 2. The maximum atomic E-state index is 10.8. The van der Waals surface area contributed by atoms with Crippen molar-refractivity contribution in [1.29, 1.82) is 0 Å². The molecule has 0 atom stereocenters. The molecule has 0 amide bonds. The van der Waals surface area contributed by atoms with Crippen molar-refractivity contribution in [2.75, 3.05) is 0 Å². The zero-order valence-electron chi connectivity index (χ0n) is 6.01. The van der Waals surface area contributed by atoms with Gasteiger partial charge in [-0.3, -0.25) is 9.79 Å². The van der Waals surface area contributed by atoms with Gasteiger partial charge in [0.15, 0.2) is 5.76 Å². The number of Topliss-reactive ketones (excluding diaryl/α,β-unsaturated/α-hetero) is 1. The van der Waals surface area contributed by atoms with Crippen LogP contribution < -0.4 is 0 Å². The monoisotopic (exact) mass is 139 g/mol. The number of hydrogen-bond donors (Lipinski definition) is 1. The van der Waals surface area contributed by atoms with Gasteiger partial charge in [0.25, 0.3) is 0 Å². The van der Waals surface area contributed by atoms with Crippen LogP contribution >= 0.6 is 0 Å². The first-order valence-electron chi connectivity index (χ1n) is 3.08. The molecule has 0 unspecified atom stereocenters. The van der Waals surface area contributed by atoms with Gasteiger partial charge in [0.1, 0.15) is 0 Å². The normalized spacial score (nSPS) is 19.4. The highest BCUT2D eigenvalue weighted by molar-refractivity contribution is 6.10. The molecular formula is C7H9NO2. The van der Waals surface area contributed by atoms with Crippen LogP contribution in [0, 0.1) is 0 Å². The van der Waals surface area contributed by atoms with Gasteiger partial charge < -0.3 is 5.11 Å². The number of hydrogen-bond acceptors (Lipinski definition) is 3. The summed E-state index contributed by atoms with van der Waals surface area (Å²) < 4.78 is 0. The molecule has 0 aromatic heterocycles. The number of aliphatic imine (C=N–C) groups is 1. The van der Waals surface area contributed by atoms with Crippen molar-refractivity contribution in [1.82, 2.24) is 0 Å². The van der Waals surface area contributed by atoms with Crippen LogP contribution in [0.25, 0.3) is 0 Å². The second-order valence-corrected chi connectivity index (χ2v) is 2.38. The fourth-order valence-corrected chi connectivity index (χ4v) is 0.897. The van der Waals surface area contributed by atoms with Crippen molar-refractivity contribution in [3.05, 3.63) is 11.5 Å². The summed E-state index contributed by atoms with van der Waals surface area (Å²) in [5.74, 6) is -0.421. The van der Waals surface area contributed by atoms with Crippen molar-refractivity contribution in [2.24, 2.45) is 4.99 Å². The quantitative estimate of drug-likeness (QED) is 0.548. The van der Waals surface area contributed by atoms with E-state index < -0.39 is 0 Å². The summed E-state index contributed by atoms with van der Waals surface area (Å²) in [4.78, 5) is 14.8. The Hall–Kier alpha value is -1.12. The van der Waals surface area contributed by atoms with Crippen molar-refractivity contribution in [2.45, 2.75) is 20.3 Å². The molecule has 0 aromatic carbocycles. The van der Waals surface area contributed by atoms with Gasteiger partial charge in [0.2, 0.25) is 5.78 Å². The van der Waals surface area contributed by atoms with E-state index in [9.17, 15) is 4.79 Å². The average molecular weight is 139 g/mol. The lowest BCUT2D eigenvalue weighted by Crippen LogP contribution is -2.13. The zero-order valence-corrected chi connectivity index (χ0v) is 6.01. The first kappa shape index (κ1) is 6.99. The summed E-state index contributed by atoms with van der Waals surface area (Å²) in [7, 11) is 0. The summed E-state index contributed by atoms with van der Waals surface area (Å²) in [6, 6.07) is 0. The molecule has 0 radical (unpaired) electrons. The van der Waals surface area contributed by atoms with Gasteiger partial charge >= 0.3 is 0 Å². The molecule has 3 nitrogen and oxygen atoms in total. The Bertz CT molecular complexity index is 238. The van der Waals surface area contributed by atoms with E-state index in [-0.39, 0.29) is 18.0 Å². The van der Waals surface area contributed by atoms with E-state index in [2.05, 4.69) is 4.99 Å². The molecule has 1 heterocycles. The lowest BCUT2D eigenvalue weighted by Gasteiger charge is -2.07. The molecule has 0 aliphatic carbocycles. The molecule has 0 saturated heterocycles. The van der Waals surface area contributed by atoms with Gasteiger partial charge in [-0.2, -0.15) is 0 Å². The fraction of sp³-hybridized carbons (Fsp3) is 0.429. The average Bonchev–Trinajstić information content (AvgIpc) is 1.82. The first-order chi connectivity index (χ1) is 4.61. The lowest BCUT2D eigenvalue weighted by atomic mass is 10.1. The maximum Gasteiger partial charge on any atom is 0.204 e. The van der Waals surface area contributed by atoms with Gasteiger partial charge in [0.05, 0.1) is 12.1 Å². The minimum Gasteiger partial charge on any atom is -0.503 e. The van der Waals surface area contributed by atoms with Crippen LogP contribution in [0.3, 0.4) is 0 Å². The highest BCUT2D eigenvalue weighted by Gasteiger charge is 2.16. The molecule has 1 rings (SSSR count). The van der Waals surface area contributed by atoms with Crippen molar-refractivity contribution < 1.29 is 9.90 Å². The molecule has 10 heavy (non-hydrogen) atoms. The summed E-state index contributed by atoms with van der Waals surface area (Å²) in [6.45, 7) is 3.39. The van der Waals surface area contributed by atoms with Crippen LogP contribution in [-0.4, -0.2) is 16.6 Å². The molecule has 0 aromatic rings. The lowest BCUT2D eigenvalue weighted by molar-refractivity contribution is -0.117. The Kier molecular flexibility index (Phi) is 1.57. The van der Waals surface area contributed by atoms with Gasteiger partial charge in [-0.1, -0.05) is 0 Å². The van der Waals surface area contributed by atoms with Crippen molar-refractivity contribution >= 4 is 11.5 Å². The summed E-state index contributed by atoms with van der Waals surface area (Å²) in [6.07, 6.45) is 0.253. The van der Waals surface area contributed by atoms with Crippen LogP contribution in [0.5, 0.6) is 0 Å². The molecule has 0 spiro atoms. The number of aliphatic hydroxyl groups excluding tert-OH is 1. The van der Waals surface area contributed by atoms with Gasteiger partial charge in [-0.15, -0.1) is 0 Å². The molecule has 3 heteroatoms. The Morgan fingerprint density at radius 3 is 2.60 bits per heavy atom. The third kappa shape index (κ3) is 1.07. The van der Waals surface area contributed by atoms with Gasteiger partial charge in [-0.05, 0) is 13.8 Å². The largest absolute Gasteiger partial charge is 0.503 e. The SMILES string of the molecule is CC1=NC(C)=C(O)C(=O)C1. The second-order valence-electron chi connectivity index (χ2n) is 2.38. The van der Waals surface area contributed by atoms with E-state index in [0.29, 0.717) is 5.70 Å². The minimum absolute atomic E-state index is 0.189. The fourth-order valence-electron chi connectivity index (χ4n) is 0.897. The van der Waals surface area contributed by atoms with Crippen LogP contribution in [0.4, 0.5) is 0 Å². The summed E-state index contributed by atoms with van der Waals surface area (Å²) in [5, 5.41) is 8.99. The second kappa shape index (κ2) is 2.25. The molecule has 54 valence electrons. The van der Waals surface area contributed by atoms with Gasteiger partial charge in [0, 0.05) is 5.71 Å². The minimum atomic E-state index is -0.231. The standard InChI is InChI=1S/C7H9NO2/c1-4-3-6(9)7(10)5(2)8-4/h10H,3H2,1-2H3. The van der Waals surface area contributed by atoms with Crippen LogP contribution in [0.15, 0.2) is 16.4 Å². The Balaban J connectivity index is 3.03. The van der Waals surface area contributed by atoms with Crippen LogP contribution in [0.2, 0.25) is 0 Å². The molecule has 0 saturated carbocycles. The van der Waals surface area contributed by atoms with Crippen LogP contribution in [0.1, 0.15) is 20.3 Å². The number of aliphatic hydroxyl groups is 1. The molecule has 1 aliphatic rings. The summed E-state index contributed by atoms with van der Waals surface area (Å²) in [5.41, 5.74) is 1.19. The highest BCUT2D eigenvalue weighted by Crippen LogP contribution is 2.12. The van der Waals surface area contributed by atoms with Crippen molar-refractivity contribution in [3.8, 4) is 0 Å². The van der Waals surface area contributed by atoms with E-state index in [0.717, 1.165) is 5.71 Å². The highest BCUT2D eigenvalue weighted by atomic mass is 16.3. The van der Waals surface area contributed by atoms with Crippen molar-refractivity contribution in [3.63, 3.8) is 0 Å². The van der Waals surface area contributed by atoms with E-state index in [1.807, 2.05) is 0 Å².